The molecule has 0 fully saturated rings. The first kappa shape index (κ1) is 9.51. The summed E-state index contributed by atoms with van der Waals surface area (Å²) in [5.41, 5.74) is 0. The van der Waals surface area contributed by atoms with Crippen LogP contribution in [-0.4, -0.2) is 36.0 Å². The van der Waals surface area contributed by atoms with E-state index in [1.807, 2.05) is 0 Å². The summed E-state index contributed by atoms with van der Waals surface area (Å²) < 4.78 is 3.92. The molecule has 0 aliphatic carbocycles. The van der Waals surface area contributed by atoms with Crippen LogP contribution < -0.4 is 0 Å². The fraction of sp³-hybridized carbons (Fsp3) is 0. The maximum atomic E-state index is 9.11. The number of rotatable bonds is 2. The van der Waals surface area contributed by atoms with Gasteiger partial charge in [0.15, 0.2) is 0 Å². The van der Waals surface area contributed by atoms with Gasteiger partial charge < -0.3 is 4.74 Å². The van der Waals surface area contributed by atoms with E-state index in [-0.39, 0.29) is 29.6 Å². The predicted molar refractivity (Wildman–Crippen MR) is 23.1 cm³/mol. The molecule has 0 aromatic carbocycles. The summed E-state index contributed by atoms with van der Waals surface area (Å²) in [7, 11) is 0. The van der Waals surface area contributed by atoms with Gasteiger partial charge in [0.05, 0.1) is 6.26 Å². The summed E-state index contributed by atoms with van der Waals surface area (Å²) in [6.07, 6.45) is 1.06. The molecule has 0 saturated heterocycles. The summed E-state index contributed by atoms with van der Waals surface area (Å²) in [5.74, 6) is 0. The molecule has 1 radical (unpaired) electrons. The molecule has 0 heterocycles. The quantitative estimate of drug-likeness (QED) is 0.272. The van der Waals surface area contributed by atoms with E-state index < -0.39 is 0 Å². The van der Waals surface area contributed by atoms with Crippen LogP contribution in [-0.2, 0) is 9.53 Å². The summed E-state index contributed by atoms with van der Waals surface area (Å²) >= 11 is 0. The average Bonchev–Trinajstić information content (AvgIpc) is 1.41. The van der Waals surface area contributed by atoms with Gasteiger partial charge in [0.25, 0.3) is 6.47 Å². The minimum absolute atomic E-state index is 0. The van der Waals surface area contributed by atoms with Crippen molar-refractivity contribution in [2.45, 2.75) is 0 Å². The van der Waals surface area contributed by atoms with Crippen LogP contribution in [0.2, 0.25) is 0 Å². The van der Waals surface area contributed by atoms with Crippen LogP contribution >= 0.6 is 0 Å². The minimum atomic E-state index is 0. The molecule has 2 nitrogen and oxygen atoms in total. The van der Waals surface area contributed by atoms with Gasteiger partial charge >= 0.3 is 0 Å². The molecule has 0 bridgehead atoms. The van der Waals surface area contributed by atoms with Crippen molar-refractivity contribution >= 4 is 36.0 Å². The van der Waals surface area contributed by atoms with Crippen molar-refractivity contribution < 1.29 is 9.53 Å². The van der Waals surface area contributed by atoms with Gasteiger partial charge in [-0.15, -0.1) is 0 Å². The average molecular weight is 95.1 g/mol. The first-order chi connectivity index (χ1) is 2.41. The molecule has 0 N–H and O–H groups in total. The Labute approximate surface area is 58.5 Å². The Bertz CT molecular complexity index is 38.1. The Kier molecular flexibility index (Phi) is 14.2. The Balaban J connectivity index is 0. The summed E-state index contributed by atoms with van der Waals surface area (Å²) in [5, 5.41) is 0. The second kappa shape index (κ2) is 8.96. The summed E-state index contributed by atoms with van der Waals surface area (Å²) in [4.78, 5) is 9.11. The molecule has 3 heteroatoms. The summed E-state index contributed by atoms with van der Waals surface area (Å²) in [6.45, 7) is 3.41. The van der Waals surface area contributed by atoms with E-state index in [1.54, 1.807) is 0 Å². The van der Waals surface area contributed by atoms with Crippen LogP contribution in [0.5, 0.6) is 0 Å². The zero-order valence-electron chi connectivity index (χ0n) is 3.68. The van der Waals surface area contributed by atoms with Crippen molar-refractivity contribution in [3.8, 4) is 0 Å². The van der Waals surface area contributed by atoms with Crippen molar-refractivity contribution in [3.63, 3.8) is 0 Å². The van der Waals surface area contributed by atoms with Crippen LogP contribution in [0.4, 0.5) is 0 Å². The Hall–Kier alpha value is 0.210. The van der Waals surface area contributed by atoms with Crippen molar-refractivity contribution in [3.05, 3.63) is 12.8 Å². The molecule has 0 saturated carbocycles. The molecule has 0 unspecified atom stereocenters. The van der Waals surface area contributed by atoms with Gasteiger partial charge in [-0.1, -0.05) is 6.58 Å². The van der Waals surface area contributed by atoms with Gasteiger partial charge in [0.2, 0.25) is 0 Å². The molecule has 0 aliphatic heterocycles. The zero-order valence-corrected chi connectivity index (χ0v) is 5.68. The van der Waals surface area contributed by atoms with Crippen molar-refractivity contribution in [2.75, 3.05) is 0 Å². The van der Waals surface area contributed by atoms with Gasteiger partial charge in [-0.25, -0.2) is 0 Å². The van der Waals surface area contributed by atoms with Crippen LogP contribution in [0, 0.1) is 0 Å². The molecule has 6 heavy (non-hydrogen) atoms. The topological polar surface area (TPSA) is 26.3 Å². The van der Waals surface area contributed by atoms with E-state index in [9.17, 15) is 0 Å². The molecule has 0 rings (SSSR count). The molecule has 0 aliphatic rings. The van der Waals surface area contributed by atoms with E-state index in [4.69, 9.17) is 4.79 Å². The number of ether oxygens (including phenoxy) is 1. The molecule has 0 atom stereocenters. The Morgan fingerprint density at radius 3 is 2.17 bits per heavy atom. The van der Waals surface area contributed by atoms with Gasteiger partial charge in [0.1, 0.15) is 0 Å². The molecule has 0 amide bonds. The fourth-order valence-electron chi connectivity index (χ4n) is 0.0393. The maximum Gasteiger partial charge on any atom is 0.297 e. The Morgan fingerprint density at radius 1 is 1.67 bits per heavy atom. The summed E-state index contributed by atoms with van der Waals surface area (Å²) in [6, 6.07) is 0. The van der Waals surface area contributed by atoms with Gasteiger partial charge in [-0.05, 0) is 0 Å². The number of carbonyl (C=O) groups is 1. The first-order valence-electron chi connectivity index (χ1n) is 1.12. The minimum Gasteiger partial charge on any atom is -0.437 e. The largest absolute Gasteiger partial charge is 0.437 e. The van der Waals surface area contributed by atoms with Crippen LogP contribution in [0.25, 0.3) is 0 Å². The standard InChI is InChI=1S/C3H4O2.Na/c1-2-5-3-4;/h2-3H,1H2;. The van der Waals surface area contributed by atoms with Crippen molar-refractivity contribution in [1.82, 2.24) is 0 Å². The molecule has 29 valence electrons. The van der Waals surface area contributed by atoms with Gasteiger partial charge in [-0.3, -0.25) is 4.79 Å². The number of carbonyl (C=O) groups excluding carboxylic acids is 1. The Morgan fingerprint density at radius 2 is 2.17 bits per heavy atom. The smallest absolute Gasteiger partial charge is 0.297 e. The van der Waals surface area contributed by atoms with Crippen LogP contribution in [0.3, 0.4) is 0 Å². The van der Waals surface area contributed by atoms with E-state index in [0.29, 0.717) is 6.47 Å². The fourth-order valence-corrected chi connectivity index (χ4v) is 0.0393. The SMILES string of the molecule is C=COC=O.[Na]. The second-order valence-electron chi connectivity index (χ2n) is 0.399. The van der Waals surface area contributed by atoms with Gasteiger partial charge in [0, 0.05) is 29.6 Å². The predicted octanol–water partition coefficient (Wildman–Crippen LogP) is -0.0779. The van der Waals surface area contributed by atoms with E-state index in [1.165, 1.54) is 0 Å². The molecule has 0 aromatic rings. The first-order valence-corrected chi connectivity index (χ1v) is 1.12. The van der Waals surface area contributed by atoms with E-state index >= 15 is 0 Å². The monoisotopic (exact) mass is 95.0 g/mol. The third kappa shape index (κ3) is 8.88. The molecule has 0 aromatic heterocycles. The van der Waals surface area contributed by atoms with Crippen LogP contribution in [0.15, 0.2) is 12.8 Å². The molecule has 0 spiro atoms. The number of hydrogen-bond acceptors (Lipinski definition) is 2. The second-order valence-corrected chi connectivity index (χ2v) is 0.399. The third-order valence-electron chi connectivity index (χ3n) is 0.152. The van der Waals surface area contributed by atoms with Gasteiger partial charge in [-0.2, -0.15) is 0 Å². The third-order valence-corrected chi connectivity index (χ3v) is 0.152. The van der Waals surface area contributed by atoms with Crippen molar-refractivity contribution in [1.29, 1.82) is 0 Å². The van der Waals surface area contributed by atoms with E-state index in [0.717, 1.165) is 6.26 Å². The van der Waals surface area contributed by atoms with Crippen molar-refractivity contribution in [2.24, 2.45) is 0 Å². The maximum absolute atomic E-state index is 9.11. The number of hydrogen-bond donors (Lipinski definition) is 0. The van der Waals surface area contributed by atoms with Crippen LogP contribution in [0.1, 0.15) is 0 Å². The van der Waals surface area contributed by atoms with E-state index in [2.05, 4.69) is 11.3 Å². The zero-order chi connectivity index (χ0) is 4.12. The molecular weight excluding hydrogens is 91.0 g/mol. The molecular formula is C3H4NaO2. The normalized spacial score (nSPS) is 4.67.